The Kier molecular flexibility index (Phi) is 4.96. The molecule has 1 aromatic carbocycles. The first kappa shape index (κ1) is 15.9. The van der Waals surface area contributed by atoms with E-state index in [4.69, 9.17) is 17.3 Å². The lowest BCUT2D eigenvalue weighted by Crippen LogP contribution is -2.09. The number of nitrogens with zero attached hydrogens (tertiary/aromatic N) is 1. The molecule has 0 saturated heterocycles. The van der Waals surface area contributed by atoms with E-state index in [1.807, 2.05) is 6.92 Å². The van der Waals surface area contributed by atoms with Gasteiger partial charge in [-0.2, -0.15) is 0 Å². The Labute approximate surface area is 135 Å². The lowest BCUT2D eigenvalue weighted by Gasteiger charge is -2.13. The van der Waals surface area contributed by atoms with E-state index in [-0.39, 0.29) is 21.0 Å². The summed E-state index contributed by atoms with van der Waals surface area (Å²) in [5.74, 6) is -0.825. The first-order chi connectivity index (χ1) is 9.95. The monoisotopic (exact) mass is 370 g/mol. The molecule has 0 aliphatic heterocycles. The summed E-state index contributed by atoms with van der Waals surface area (Å²) in [6.07, 6.45) is 2.00. The van der Waals surface area contributed by atoms with Gasteiger partial charge in [0.2, 0.25) is 0 Å². The lowest BCUT2D eigenvalue weighted by molar-refractivity contribution is 0.103. The molecule has 0 amide bonds. The summed E-state index contributed by atoms with van der Waals surface area (Å²) in [5.41, 5.74) is 5.99. The topological polar surface area (TPSA) is 56.0 Å². The standard InChI is InChI=1S/C15H13BrClFN2O/c1-2-10(16)9-4-5-11(17)13(14(9)18)15(21)8-3-6-12(19)20-7-8/h3-7,10H,2H2,1H3,(H2,19,20). The zero-order chi connectivity index (χ0) is 15.6. The Hall–Kier alpha value is -1.46. The smallest absolute Gasteiger partial charge is 0.199 e. The highest BCUT2D eigenvalue weighted by atomic mass is 79.9. The molecular formula is C15H13BrClFN2O. The fraction of sp³-hybridized carbons (Fsp3) is 0.200. The largest absolute Gasteiger partial charge is 0.384 e. The van der Waals surface area contributed by atoms with Gasteiger partial charge in [-0.25, -0.2) is 9.37 Å². The van der Waals surface area contributed by atoms with Crippen molar-refractivity contribution in [2.75, 3.05) is 5.73 Å². The third-order valence-electron chi connectivity index (χ3n) is 3.09. The molecule has 0 bridgehead atoms. The van der Waals surface area contributed by atoms with Gasteiger partial charge in [0.25, 0.3) is 0 Å². The van der Waals surface area contributed by atoms with Crippen LogP contribution in [0.25, 0.3) is 0 Å². The number of nitrogens with two attached hydrogens (primary N) is 1. The molecule has 0 radical (unpaired) electrons. The van der Waals surface area contributed by atoms with Gasteiger partial charge < -0.3 is 5.73 Å². The van der Waals surface area contributed by atoms with Crippen molar-refractivity contribution in [1.82, 2.24) is 4.98 Å². The predicted octanol–water partition coefficient (Wildman–Crippen LogP) is 4.53. The molecule has 1 heterocycles. The number of nitrogen functional groups attached to an aromatic ring is 1. The average Bonchev–Trinajstić information content (AvgIpc) is 2.47. The van der Waals surface area contributed by atoms with Crippen LogP contribution in [-0.2, 0) is 0 Å². The van der Waals surface area contributed by atoms with Crippen molar-refractivity contribution >= 4 is 39.1 Å². The minimum Gasteiger partial charge on any atom is -0.384 e. The molecule has 1 unspecified atom stereocenters. The Morgan fingerprint density at radius 2 is 2.14 bits per heavy atom. The SMILES string of the molecule is CCC(Br)c1ccc(Cl)c(C(=O)c2ccc(N)nc2)c1F. The normalized spacial score (nSPS) is 12.2. The van der Waals surface area contributed by atoms with E-state index in [0.717, 1.165) is 0 Å². The van der Waals surface area contributed by atoms with Crippen LogP contribution >= 0.6 is 27.5 Å². The van der Waals surface area contributed by atoms with Crippen molar-refractivity contribution in [3.63, 3.8) is 0 Å². The van der Waals surface area contributed by atoms with Crippen LogP contribution < -0.4 is 5.73 Å². The highest BCUT2D eigenvalue weighted by Crippen LogP contribution is 2.33. The van der Waals surface area contributed by atoms with Gasteiger partial charge in [-0.15, -0.1) is 0 Å². The molecule has 0 aliphatic carbocycles. The van der Waals surface area contributed by atoms with Gasteiger partial charge in [0, 0.05) is 22.2 Å². The number of anilines is 1. The molecule has 21 heavy (non-hydrogen) atoms. The van der Waals surface area contributed by atoms with Crippen LogP contribution in [0.4, 0.5) is 10.2 Å². The van der Waals surface area contributed by atoms with Gasteiger partial charge in [-0.3, -0.25) is 4.79 Å². The molecule has 0 aliphatic rings. The molecule has 1 atom stereocenters. The number of halogens is 3. The Morgan fingerprint density at radius 1 is 1.43 bits per heavy atom. The van der Waals surface area contributed by atoms with Gasteiger partial charge in [-0.1, -0.05) is 40.5 Å². The van der Waals surface area contributed by atoms with Crippen molar-refractivity contribution < 1.29 is 9.18 Å². The fourth-order valence-electron chi connectivity index (χ4n) is 1.92. The summed E-state index contributed by atoms with van der Waals surface area (Å²) in [4.78, 5) is 16.1. The number of pyridine rings is 1. The van der Waals surface area contributed by atoms with Crippen molar-refractivity contribution in [2.24, 2.45) is 0 Å². The highest BCUT2D eigenvalue weighted by molar-refractivity contribution is 9.09. The summed E-state index contributed by atoms with van der Waals surface area (Å²) < 4.78 is 14.6. The number of hydrogen-bond donors (Lipinski definition) is 1. The lowest BCUT2D eigenvalue weighted by atomic mass is 9.99. The van der Waals surface area contributed by atoms with Crippen LogP contribution in [0, 0.1) is 5.82 Å². The van der Waals surface area contributed by atoms with Crippen LogP contribution in [0.1, 0.15) is 39.7 Å². The number of benzene rings is 1. The van der Waals surface area contributed by atoms with Gasteiger partial charge in [0.05, 0.1) is 10.6 Å². The maximum atomic E-state index is 14.6. The number of carbonyl (C=O) groups is 1. The Bertz CT molecular complexity index is 676. The summed E-state index contributed by atoms with van der Waals surface area (Å²) in [6.45, 7) is 1.92. The maximum Gasteiger partial charge on any atom is 0.199 e. The van der Waals surface area contributed by atoms with Gasteiger partial charge >= 0.3 is 0 Å². The van der Waals surface area contributed by atoms with Crippen LogP contribution in [0.2, 0.25) is 5.02 Å². The quantitative estimate of drug-likeness (QED) is 0.634. The van der Waals surface area contributed by atoms with E-state index in [1.54, 1.807) is 6.07 Å². The van der Waals surface area contributed by atoms with E-state index in [0.29, 0.717) is 17.8 Å². The second-order valence-electron chi connectivity index (χ2n) is 4.50. The first-order valence-electron chi connectivity index (χ1n) is 6.33. The molecule has 3 nitrogen and oxygen atoms in total. The zero-order valence-corrected chi connectivity index (χ0v) is 13.6. The first-order valence-corrected chi connectivity index (χ1v) is 7.63. The number of ketones is 1. The number of hydrogen-bond acceptors (Lipinski definition) is 3. The van der Waals surface area contributed by atoms with E-state index in [9.17, 15) is 9.18 Å². The molecule has 2 N–H and O–H groups in total. The van der Waals surface area contributed by atoms with Crippen LogP contribution in [0.5, 0.6) is 0 Å². The summed E-state index contributed by atoms with van der Waals surface area (Å²) >= 11 is 9.39. The molecule has 2 rings (SSSR count). The summed E-state index contributed by atoms with van der Waals surface area (Å²) in [5, 5.41) is 0.0777. The summed E-state index contributed by atoms with van der Waals surface area (Å²) in [7, 11) is 0. The van der Waals surface area contributed by atoms with E-state index in [1.165, 1.54) is 24.4 Å². The maximum absolute atomic E-state index is 14.6. The average molecular weight is 372 g/mol. The minimum absolute atomic E-state index is 0.0777. The van der Waals surface area contributed by atoms with Crippen LogP contribution in [0.15, 0.2) is 30.5 Å². The zero-order valence-electron chi connectivity index (χ0n) is 11.2. The Balaban J connectivity index is 2.52. The van der Waals surface area contributed by atoms with E-state index < -0.39 is 11.6 Å². The number of rotatable bonds is 4. The highest BCUT2D eigenvalue weighted by Gasteiger charge is 2.23. The van der Waals surface area contributed by atoms with Crippen molar-refractivity contribution in [2.45, 2.75) is 18.2 Å². The van der Waals surface area contributed by atoms with Gasteiger partial charge in [0.1, 0.15) is 11.6 Å². The fourth-order valence-corrected chi connectivity index (χ4v) is 2.51. The van der Waals surface area contributed by atoms with Gasteiger partial charge in [-0.05, 0) is 24.6 Å². The molecule has 6 heteroatoms. The molecular weight excluding hydrogens is 359 g/mol. The molecule has 2 aromatic rings. The molecule has 1 aromatic heterocycles. The number of aromatic nitrogens is 1. The van der Waals surface area contributed by atoms with E-state index in [2.05, 4.69) is 20.9 Å². The second-order valence-corrected chi connectivity index (χ2v) is 6.01. The number of alkyl halides is 1. The third-order valence-corrected chi connectivity index (χ3v) is 4.55. The number of carbonyl (C=O) groups excluding carboxylic acids is 1. The predicted molar refractivity (Wildman–Crippen MR) is 85.5 cm³/mol. The van der Waals surface area contributed by atoms with E-state index >= 15 is 0 Å². The van der Waals surface area contributed by atoms with Crippen molar-refractivity contribution in [3.05, 3.63) is 58.0 Å². The molecule has 0 spiro atoms. The molecule has 0 fully saturated rings. The minimum atomic E-state index is -0.604. The second kappa shape index (κ2) is 6.54. The molecule has 0 saturated carbocycles. The van der Waals surface area contributed by atoms with Crippen molar-refractivity contribution in [1.29, 1.82) is 0 Å². The summed E-state index contributed by atoms with van der Waals surface area (Å²) in [6, 6.07) is 6.10. The third kappa shape index (κ3) is 3.24. The van der Waals surface area contributed by atoms with Crippen LogP contribution in [-0.4, -0.2) is 10.8 Å². The van der Waals surface area contributed by atoms with Crippen LogP contribution in [0.3, 0.4) is 0 Å². The van der Waals surface area contributed by atoms with Gasteiger partial charge in [0.15, 0.2) is 5.78 Å². The Morgan fingerprint density at radius 3 is 2.71 bits per heavy atom. The van der Waals surface area contributed by atoms with Crippen molar-refractivity contribution in [3.8, 4) is 0 Å². The molecule has 110 valence electrons.